The smallest absolute Gasteiger partial charge is 0.205 e. The largest absolute Gasteiger partial charge is 0.489 e. The van der Waals surface area contributed by atoms with Crippen molar-refractivity contribution < 1.29 is 4.74 Å². The van der Waals surface area contributed by atoms with Crippen molar-refractivity contribution in [2.24, 2.45) is 15.7 Å². The van der Waals surface area contributed by atoms with E-state index >= 15 is 0 Å². The highest BCUT2D eigenvalue weighted by atomic mass is 35.5. The maximum atomic E-state index is 9.03. The van der Waals surface area contributed by atoms with Crippen molar-refractivity contribution in [1.82, 2.24) is 15.6 Å². The number of aliphatic imine (C=N–C) groups is 2. The van der Waals surface area contributed by atoms with Crippen LogP contribution in [0.1, 0.15) is 30.2 Å². The lowest BCUT2D eigenvalue weighted by molar-refractivity contribution is 0.306. The van der Waals surface area contributed by atoms with Gasteiger partial charge in [0.05, 0.1) is 12.2 Å². The highest BCUT2D eigenvalue weighted by Crippen LogP contribution is 2.19. The fourth-order valence-corrected chi connectivity index (χ4v) is 4.74. The molecule has 0 saturated carbocycles. The Labute approximate surface area is 250 Å². The van der Waals surface area contributed by atoms with E-state index in [1.54, 1.807) is 11.8 Å². The molecule has 0 spiro atoms. The van der Waals surface area contributed by atoms with Gasteiger partial charge >= 0.3 is 0 Å². The summed E-state index contributed by atoms with van der Waals surface area (Å²) >= 11 is 3.25. The lowest BCUT2D eigenvalue weighted by atomic mass is 10.2. The van der Waals surface area contributed by atoms with E-state index in [-0.39, 0.29) is 12.4 Å². The fourth-order valence-electron chi connectivity index (χ4n) is 3.17. The monoisotopic (exact) mass is 598 g/mol. The SMILES string of the molecule is CCCN=C(N)Nc1nc(CSCCNC(=NC/C=C/c2ccc(OCc3ccccc3)cc2)NC#N)cs1.Cl. The number of hydrogen-bond donors (Lipinski definition) is 4. The quantitative estimate of drug-likeness (QED) is 0.0651. The van der Waals surface area contributed by atoms with Gasteiger partial charge in [-0.25, -0.2) is 9.98 Å². The molecule has 0 aliphatic carbocycles. The molecule has 5 N–H and O–H groups in total. The average Bonchev–Trinajstić information content (AvgIpc) is 3.40. The molecule has 3 aromatic rings. The molecule has 40 heavy (non-hydrogen) atoms. The third-order valence-electron chi connectivity index (χ3n) is 5.05. The average molecular weight is 599 g/mol. The first-order chi connectivity index (χ1) is 19.2. The van der Waals surface area contributed by atoms with E-state index in [1.807, 2.05) is 78.3 Å². The van der Waals surface area contributed by atoms with E-state index in [9.17, 15) is 0 Å². The number of nitrogens with one attached hydrogen (secondary N) is 3. The van der Waals surface area contributed by atoms with Gasteiger partial charge in [0.15, 0.2) is 17.3 Å². The number of anilines is 1. The number of thioether (sulfide) groups is 1. The summed E-state index contributed by atoms with van der Waals surface area (Å²) in [4.78, 5) is 13.2. The standard InChI is InChI=1S/C28H34N8OS2.ClH/c1-2-14-31-26(30)36-28-35-24(20-39-28)19-38-17-16-33-27(34-21-29)32-15-6-9-22-10-12-25(13-11-22)37-18-23-7-4-3-5-8-23;/h3-13,20H,2,14-19H2,1H3,(H2,32,33,34)(H3,30,31,35,36);1H/b9-6+;. The van der Waals surface area contributed by atoms with Crippen LogP contribution in [0.3, 0.4) is 0 Å². The van der Waals surface area contributed by atoms with Crippen LogP contribution in [-0.4, -0.2) is 42.3 Å². The predicted molar refractivity (Wildman–Crippen MR) is 171 cm³/mol. The van der Waals surface area contributed by atoms with Gasteiger partial charge in [-0.15, -0.1) is 23.7 Å². The van der Waals surface area contributed by atoms with Crippen LogP contribution in [0, 0.1) is 11.5 Å². The molecule has 0 saturated heterocycles. The van der Waals surface area contributed by atoms with Gasteiger partial charge in [0, 0.05) is 30.0 Å². The Balaban J connectivity index is 0.00000560. The molecule has 2 aromatic carbocycles. The van der Waals surface area contributed by atoms with Gasteiger partial charge in [-0.2, -0.15) is 17.0 Å². The summed E-state index contributed by atoms with van der Waals surface area (Å²) < 4.78 is 5.83. The van der Waals surface area contributed by atoms with E-state index in [1.165, 1.54) is 11.3 Å². The fraction of sp³-hybridized carbons (Fsp3) is 0.286. The van der Waals surface area contributed by atoms with Crippen LogP contribution in [0.5, 0.6) is 5.75 Å². The Morgan fingerprint density at radius 2 is 1.98 bits per heavy atom. The second-order valence-corrected chi connectivity index (χ2v) is 10.2. The third-order valence-corrected chi connectivity index (χ3v) is 6.85. The van der Waals surface area contributed by atoms with Crippen molar-refractivity contribution in [2.45, 2.75) is 25.7 Å². The number of ether oxygens (including phenoxy) is 1. The first kappa shape index (κ1) is 32.5. The van der Waals surface area contributed by atoms with Crippen molar-refractivity contribution >= 4 is 58.6 Å². The van der Waals surface area contributed by atoms with Gasteiger partial charge in [-0.05, 0) is 29.7 Å². The second-order valence-electron chi connectivity index (χ2n) is 8.19. The van der Waals surface area contributed by atoms with Crippen LogP contribution in [0.4, 0.5) is 5.13 Å². The number of nitrogens with zero attached hydrogens (tertiary/aromatic N) is 4. The zero-order chi connectivity index (χ0) is 27.5. The molecule has 9 nitrogen and oxygen atoms in total. The summed E-state index contributed by atoms with van der Waals surface area (Å²) in [6.07, 6.45) is 6.82. The molecular formula is C28H35ClN8OS2. The molecule has 0 aliphatic heterocycles. The maximum absolute atomic E-state index is 9.03. The summed E-state index contributed by atoms with van der Waals surface area (Å²) in [5, 5.41) is 20.6. The van der Waals surface area contributed by atoms with Crippen LogP contribution < -0.4 is 26.4 Å². The van der Waals surface area contributed by atoms with Crippen LogP contribution in [-0.2, 0) is 12.4 Å². The first-order valence-corrected chi connectivity index (χ1v) is 14.7. The zero-order valence-corrected chi connectivity index (χ0v) is 24.8. The number of thiazole rings is 1. The summed E-state index contributed by atoms with van der Waals surface area (Å²) in [5.41, 5.74) is 9.01. The minimum absolute atomic E-state index is 0. The Hall–Kier alpha value is -3.72. The molecule has 0 unspecified atom stereocenters. The molecular weight excluding hydrogens is 564 g/mol. The molecule has 1 heterocycles. The lowest BCUT2D eigenvalue weighted by Crippen LogP contribution is -2.36. The lowest BCUT2D eigenvalue weighted by Gasteiger charge is -2.07. The highest BCUT2D eigenvalue weighted by Gasteiger charge is 2.04. The summed E-state index contributed by atoms with van der Waals surface area (Å²) in [6.45, 7) is 4.40. The topological polar surface area (TPSA) is 133 Å². The number of nitriles is 1. The third kappa shape index (κ3) is 12.9. The van der Waals surface area contributed by atoms with Crippen molar-refractivity contribution in [3.8, 4) is 11.9 Å². The van der Waals surface area contributed by atoms with Gasteiger partial charge in [0.2, 0.25) is 5.96 Å². The molecule has 212 valence electrons. The first-order valence-electron chi connectivity index (χ1n) is 12.6. The maximum Gasteiger partial charge on any atom is 0.205 e. The minimum atomic E-state index is 0. The molecule has 0 aliphatic rings. The van der Waals surface area contributed by atoms with Crippen LogP contribution in [0.15, 0.2) is 76.0 Å². The van der Waals surface area contributed by atoms with Gasteiger partial charge in [-0.1, -0.05) is 61.5 Å². The zero-order valence-electron chi connectivity index (χ0n) is 22.4. The molecule has 12 heteroatoms. The summed E-state index contributed by atoms with van der Waals surface area (Å²) in [5.74, 6) is 3.28. The van der Waals surface area contributed by atoms with E-state index in [0.717, 1.165) is 45.6 Å². The van der Waals surface area contributed by atoms with Crippen LogP contribution in [0.25, 0.3) is 6.08 Å². The molecule has 0 bridgehead atoms. The molecule has 3 rings (SSSR count). The number of hydrogen-bond acceptors (Lipinski definition) is 7. The van der Waals surface area contributed by atoms with E-state index in [0.29, 0.717) is 38.2 Å². The van der Waals surface area contributed by atoms with Gasteiger partial charge in [-0.3, -0.25) is 10.3 Å². The van der Waals surface area contributed by atoms with Crippen LogP contribution >= 0.6 is 35.5 Å². The van der Waals surface area contributed by atoms with Crippen molar-refractivity contribution in [3.05, 3.63) is 82.9 Å². The number of nitrogens with two attached hydrogens (primary N) is 1. The number of aromatic nitrogens is 1. The second kappa shape index (κ2) is 19.4. The number of rotatable bonds is 14. The summed E-state index contributed by atoms with van der Waals surface area (Å²) in [6, 6.07) is 18.0. The van der Waals surface area contributed by atoms with Gasteiger partial charge < -0.3 is 21.1 Å². The van der Waals surface area contributed by atoms with E-state index in [4.69, 9.17) is 15.7 Å². The minimum Gasteiger partial charge on any atom is -0.489 e. The van der Waals surface area contributed by atoms with E-state index < -0.39 is 0 Å². The molecule has 1 aromatic heterocycles. The number of benzene rings is 2. The highest BCUT2D eigenvalue weighted by molar-refractivity contribution is 7.98. The molecule has 0 radical (unpaired) electrons. The summed E-state index contributed by atoms with van der Waals surface area (Å²) in [7, 11) is 0. The van der Waals surface area contributed by atoms with Crippen LogP contribution in [0.2, 0.25) is 0 Å². The predicted octanol–water partition coefficient (Wildman–Crippen LogP) is 5.24. The Morgan fingerprint density at radius 1 is 1.18 bits per heavy atom. The number of guanidine groups is 2. The van der Waals surface area contributed by atoms with Gasteiger partial charge in [0.1, 0.15) is 12.4 Å². The number of halogens is 1. The van der Waals surface area contributed by atoms with Crippen molar-refractivity contribution in [2.75, 3.05) is 30.7 Å². The van der Waals surface area contributed by atoms with Crippen molar-refractivity contribution in [3.63, 3.8) is 0 Å². The normalized spacial score (nSPS) is 11.5. The molecule has 0 amide bonds. The molecule has 0 atom stereocenters. The Morgan fingerprint density at radius 3 is 2.73 bits per heavy atom. The van der Waals surface area contributed by atoms with E-state index in [2.05, 4.69) is 37.8 Å². The Kier molecular flexibility index (Phi) is 15.7. The van der Waals surface area contributed by atoms with Crippen molar-refractivity contribution in [1.29, 1.82) is 5.26 Å². The molecule has 0 fully saturated rings. The van der Waals surface area contributed by atoms with Gasteiger partial charge in [0.25, 0.3) is 0 Å². The Bertz CT molecular complexity index is 1260.